The number of sulfonamides is 1. The first-order chi connectivity index (χ1) is 10.00. The van der Waals surface area contributed by atoms with Crippen LogP contribution in [0.2, 0.25) is 0 Å². The number of aromatic nitrogens is 1. The van der Waals surface area contributed by atoms with E-state index in [1.54, 1.807) is 55.7 Å². The van der Waals surface area contributed by atoms with E-state index >= 15 is 0 Å². The number of pyridine rings is 1. The molecule has 0 unspecified atom stereocenters. The topological polar surface area (TPSA) is 82.9 Å². The fourth-order valence-electron chi connectivity index (χ4n) is 1.93. The molecule has 0 radical (unpaired) electrons. The molecule has 0 amide bonds. The predicted octanol–water partition coefficient (Wildman–Crippen LogP) is 2.13. The molecule has 1 aromatic heterocycles. The molecule has 0 aliphatic rings. The van der Waals surface area contributed by atoms with Crippen LogP contribution < -0.4 is 4.72 Å². The third-order valence-corrected chi connectivity index (χ3v) is 4.43. The first-order valence-corrected chi connectivity index (χ1v) is 8.04. The van der Waals surface area contributed by atoms with E-state index in [0.717, 1.165) is 5.56 Å². The second-order valence-electron chi connectivity index (χ2n) is 4.69. The van der Waals surface area contributed by atoms with Gasteiger partial charge in [0.05, 0.1) is 17.4 Å². The van der Waals surface area contributed by atoms with Gasteiger partial charge < -0.3 is 0 Å². The Morgan fingerprint density at radius 1 is 1.19 bits per heavy atom. The Hall–Kier alpha value is -2.23. The molecule has 2 aromatic rings. The van der Waals surface area contributed by atoms with Crippen molar-refractivity contribution in [3.05, 3.63) is 65.5 Å². The van der Waals surface area contributed by atoms with Crippen molar-refractivity contribution in [1.29, 1.82) is 5.26 Å². The highest BCUT2D eigenvalue weighted by Gasteiger charge is 2.16. The Kier molecular flexibility index (Phi) is 4.68. The van der Waals surface area contributed by atoms with Crippen molar-refractivity contribution < 1.29 is 8.42 Å². The van der Waals surface area contributed by atoms with E-state index in [9.17, 15) is 8.42 Å². The lowest BCUT2D eigenvalue weighted by Gasteiger charge is -2.14. The molecular weight excluding hydrogens is 286 g/mol. The molecule has 0 aliphatic heterocycles. The maximum absolute atomic E-state index is 12.1. The molecule has 0 fully saturated rings. The summed E-state index contributed by atoms with van der Waals surface area (Å²) >= 11 is 0. The molecular formula is C15H15N3O2S. The van der Waals surface area contributed by atoms with Crippen molar-refractivity contribution in [2.45, 2.75) is 18.7 Å². The number of nitriles is 1. The quantitative estimate of drug-likeness (QED) is 0.917. The first kappa shape index (κ1) is 15.2. The Morgan fingerprint density at radius 2 is 1.81 bits per heavy atom. The number of hydrogen-bond donors (Lipinski definition) is 1. The molecule has 1 heterocycles. The highest BCUT2D eigenvalue weighted by molar-refractivity contribution is 7.88. The van der Waals surface area contributed by atoms with Crippen LogP contribution in [0.25, 0.3) is 0 Å². The molecule has 6 heteroatoms. The van der Waals surface area contributed by atoms with E-state index in [0.29, 0.717) is 11.1 Å². The van der Waals surface area contributed by atoms with Gasteiger partial charge in [0, 0.05) is 18.4 Å². The maximum Gasteiger partial charge on any atom is 0.216 e. The summed E-state index contributed by atoms with van der Waals surface area (Å²) in [6, 6.07) is 11.7. The van der Waals surface area contributed by atoms with Crippen molar-refractivity contribution in [2.24, 2.45) is 0 Å². The lowest BCUT2D eigenvalue weighted by molar-refractivity contribution is 0.566. The van der Waals surface area contributed by atoms with E-state index in [1.807, 2.05) is 6.07 Å². The van der Waals surface area contributed by atoms with Crippen LogP contribution in [-0.4, -0.2) is 13.4 Å². The minimum Gasteiger partial charge on any atom is -0.265 e. The fourth-order valence-corrected chi connectivity index (χ4v) is 3.32. The molecule has 21 heavy (non-hydrogen) atoms. The van der Waals surface area contributed by atoms with Crippen molar-refractivity contribution in [2.75, 3.05) is 0 Å². The van der Waals surface area contributed by atoms with Crippen LogP contribution in [-0.2, 0) is 15.8 Å². The van der Waals surface area contributed by atoms with Gasteiger partial charge in [-0.1, -0.05) is 12.1 Å². The third kappa shape index (κ3) is 4.38. The van der Waals surface area contributed by atoms with E-state index in [1.165, 1.54) is 0 Å². The second kappa shape index (κ2) is 6.48. The monoisotopic (exact) mass is 301 g/mol. The normalized spacial score (nSPS) is 12.6. The van der Waals surface area contributed by atoms with Crippen LogP contribution in [0.3, 0.4) is 0 Å². The minimum atomic E-state index is -3.45. The van der Waals surface area contributed by atoms with Crippen molar-refractivity contribution in [3.63, 3.8) is 0 Å². The molecule has 0 spiro atoms. The highest BCUT2D eigenvalue weighted by atomic mass is 32.2. The molecule has 0 saturated heterocycles. The lowest BCUT2D eigenvalue weighted by atomic mass is 10.1. The maximum atomic E-state index is 12.1. The molecule has 0 aliphatic carbocycles. The SMILES string of the molecule is C[C@@H](NS(=O)(=O)Cc1ccc(C#N)cc1)c1ccncc1. The summed E-state index contributed by atoms with van der Waals surface area (Å²) in [5.41, 5.74) is 2.01. The van der Waals surface area contributed by atoms with Crippen LogP contribution in [0.4, 0.5) is 0 Å². The number of nitrogens with zero attached hydrogens (tertiary/aromatic N) is 2. The zero-order chi connectivity index (χ0) is 15.3. The smallest absolute Gasteiger partial charge is 0.216 e. The van der Waals surface area contributed by atoms with Crippen molar-refractivity contribution >= 4 is 10.0 Å². The van der Waals surface area contributed by atoms with Gasteiger partial charge in [0.25, 0.3) is 0 Å². The van der Waals surface area contributed by atoms with Gasteiger partial charge in [-0.2, -0.15) is 5.26 Å². The van der Waals surface area contributed by atoms with E-state index < -0.39 is 10.0 Å². The molecule has 1 aromatic carbocycles. The van der Waals surface area contributed by atoms with Gasteiger partial charge in [-0.05, 0) is 42.3 Å². The summed E-state index contributed by atoms with van der Waals surface area (Å²) in [5.74, 6) is -0.117. The standard InChI is InChI=1S/C15H15N3O2S/c1-12(15-6-8-17-9-7-15)18-21(19,20)11-14-4-2-13(10-16)3-5-14/h2-9,12,18H,11H2,1H3/t12-/m1/s1. The Labute approximate surface area is 124 Å². The summed E-state index contributed by atoms with van der Waals surface area (Å²) < 4.78 is 26.9. The zero-order valence-corrected chi connectivity index (χ0v) is 12.3. The molecule has 108 valence electrons. The van der Waals surface area contributed by atoms with E-state index in [-0.39, 0.29) is 11.8 Å². The van der Waals surface area contributed by atoms with Gasteiger partial charge in [-0.15, -0.1) is 0 Å². The summed E-state index contributed by atoms with van der Waals surface area (Å²) in [4.78, 5) is 3.90. The predicted molar refractivity (Wildman–Crippen MR) is 79.6 cm³/mol. The van der Waals surface area contributed by atoms with Gasteiger partial charge in [-0.25, -0.2) is 13.1 Å². The molecule has 0 saturated carbocycles. The van der Waals surface area contributed by atoms with Crippen LogP contribution in [0.1, 0.15) is 29.7 Å². The fraction of sp³-hybridized carbons (Fsp3) is 0.200. The van der Waals surface area contributed by atoms with E-state index in [4.69, 9.17) is 5.26 Å². The Balaban J connectivity index is 2.06. The number of rotatable bonds is 5. The Morgan fingerprint density at radius 3 is 2.38 bits per heavy atom. The average Bonchev–Trinajstić information content (AvgIpc) is 2.48. The lowest BCUT2D eigenvalue weighted by Crippen LogP contribution is -2.28. The minimum absolute atomic E-state index is 0.117. The summed E-state index contributed by atoms with van der Waals surface area (Å²) in [7, 11) is -3.45. The molecule has 1 atom stereocenters. The van der Waals surface area contributed by atoms with Crippen molar-refractivity contribution in [1.82, 2.24) is 9.71 Å². The van der Waals surface area contributed by atoms with Crippen LogP contribution in [0.15, 0.2) is 48.8 Å². The van der Waals surface area contributed by atoms with Crippen LogP contribution >= 0.6 is 0 Å². The molecule has 0 bridgehead atoms. The summed E-state index contributed by atoms with van der Waals surface area (Å²) in [6.07, 6.45) is 3.25. The average molecular weight is 301 g/mol. The zero-order valence-electron chi connectivity index (χ0n) is 11.5. The van der Waals surface area contributed by atoms with Gasteiger partial charge in [-0.3, -0.25) is 4.98 Å². The number of hydrogen-bond acceptors (Lipinski definition) is 4. The summed E-state index contributed by atoms with van der Waals surface area (Å²) in [5, 5.41) is 8.72. The summed E-state index contributed by atoms with van der Waals surface area (Å²) in [6.45, 7) is 1.78. The molecule has 5 nitrogen and oxygen atoms in total. The first-order valence-electron chi connectivity index (χ1n) is 6.39. The second-order valence-corrected chi connectivity index (χ2v) is 6.44. The van der Waals surface area contributed by atoms with Gasteiger partial charge in [0.15, 0.2) is 0 Å². The van der Waals surface area contributed by atoms with Crippen LogP contribution in [0, 0.1) is 11.3 Å². The highest BCUT2D eigenvalue weighted by Crippen LogP contribution is 2.14. The number of nitrogens with one attached hydrogen (secondary N) is 1. The van der Waals surface area contributed by atoms with Gasteiger partial charge >= 0.3 is 0 Å². The van der Waals surface area contributed by atoms with Gasteiger partial charge in [0.2, 0.25) is 10.0 Å². The van der Waals surface area contributed by atoms with Crippen LogP contribution in [0.5, 0.6) is 0 Å². The molecule has 2 rings (SSSR count). The number of benzene rings is 1. The molecule has 1 N–H and O–H groups in total. The van der Waals surface area contributed by atoms with Crippen molar-refractivity contribution in [3.8, 4) is 6.07 Å². The Bertz CT molecular complexity index is 735. The third-order valence-electron chi connectivity index (χ3n) is 3.00. The largest absolute Gasteiger partial charge is 0.265 e. The van der Waals surface area contributed by atoms with E-state index in [2.05, 4.69) is 9.71 Å². The van der Waals surface area contributed by atoms with Gasteiger partial charge in [0.1, 0.15) is 0 Å².